The van der Waals surface area contributed by atoms with Gasteiger partial charge in [-0.05, 0) is 35.9 Å². The molecule has 2 N–H and O–H groups in total. The smallest absolute Gasteiger partial charge is 0.269 e. The third-order valence-electron chi connectivity index (χ3n) is 4.65. The van der Waals surface area contributed by atoms with E-state index in [1.165, 1.54) is 25.2 Å². The van der Waals surface area contributed by atoms with Gasteiger partial charge in [-0.2, -0.15) is 0 Å². The Morgan fingerprint density at radius 3 is 1.93 bits per heavy atom. The highest BCUT2D eigenvalue weighted by Gasteiger charge is 2.28. The molecule has 0 saturated carbocycles. The van der Waals surface area contributed by atoms with Crippen molar-refractivity contribution in [2.45, 2.75) is 19.4 Å². The Hall–Kier alpha value is -3.88. The number of carbonyl (C=O) groups excluding carboxylic acids is 4. The fraction of sp³-hybridized carbons (Fsp3) is 0.238. The van der Waals surface area contributed by atoms with Crippen LogP contribution in [0.1, 0.15) is 39.1 Å². The molecule has 1 heterocycles. The number of carbonyl (C=O) groups is 4. The zero-order valence-corrected chi connectivity index (χ0v) is 16.6. The molecule has 1 aliphatic rings. The number of nitrogens with one attached hydrogen (secondary N) is 2. The van der Waals surface area contributed by atoms with Crippen LogP contribution in [0.2, 0.25) is 0 Å². The Labute approximate surface area is 172 Å². The van der Waals surface area contributed by atoms with Crippen molar-refractivity contribution in [2.24, 2.45) is 0 Å². The molecule has 2 aromatic rings. The second-order valence-electron chi connectivity index (χ2n) is 6.55. The molecule has 0 aliphatic carbocycles. The quantitative estimate of drug-likeness (QED) is 0.549. The van der Waals surface area contributed by atoms with Crippen LogP contribution in [0.5, 0.6) is 11.5 Å². The molecule has 1 fully saturated rings. The molecule has 3 rings (SSSR count). The minimum Gasteiger partial charge on any atom is -0.493 e. The van der Waals surface area contributed by atoms with Gasteiger partial charge in [-0.15, -0.1) is 0 Å². The molecule has 4 amide bonds. The van der Waals surface area contributed by atoms with E-state index in [-0.39, 0.29) is 36.8 Å². The zero-order chi connectivity index (χ0) is 21.7. The van der Waals surface area contributed by atoms with E-state index >= 15 is 0 Å². The second-order valence-corrected chi connectivity index (χ2v) is 6.55. The molecule has 1 saturated heterocycles. The number of likely N-dealkylation sites (tertiary alicyclic amines) is 1. The molecule has 30 heavy (non-hydrogen) atoms. The minimum atomic E-state index is -0.521. The van der Waals surface area contributed by atoms with Crippen LogP contribution in [0.3, 0.4) is 0 Å². The summed E-state index contributed by atoms with van der Waals surface area (Å²) in [6.45, 7) is 0.176. The topological polar surface area (TPSA) is 114 Å². The zero-order valence-electron chi connectivity index (χ0n) is 16.6. The lowest BCUT2D eigenvalue weighted by atomic mass is 10.1. The van der Waals surface area contributed by atoms with Crippen molar-refractivity contribution in [3.05, 3.63) is 59.2 Å². The van der Waals surface area contributed by atoms with E-state index in [0.29, 0.717) is 17.1 Å². The summed E-state index contributed by atoms with van der Waals surface area (Å²) in [6, 6.07) is 11.0. The van der Waals surface area contributed by atoms with Gasteiger partial charge >= 0.3 is 0 Å². The Morgan fingerprint density at radius 1 is 0.833 bits per heavy atom. The monoisotopic (exact) mass is 411 g/mol. The van der Waals surface area contributed by atoms with Crippen LogP contribution in [0, 0.1) is 0 Å². The number of methoxy groups -OCH3 is 2. The molecule has 0 radical (unpaired) electrons. The highest BCUT2D eigenvalue weighted by molar-refractivity contribution is 6.02. The van der Waals surface area contributed by atoms with Gasteiger partial charge in [-0.1, -0.05) is 12.1 Å². The summed E-state index contributed by atoms with van der Waals surface area (Å²) in [5.74, 6) is -0.549. The Kier molecular flexibility index (Phi) is 6.31. The normalized spacial score (nSPS) is 13.2. The molecule has 9 nitrogen and oxygen atoms in total. The first-order chi connectivity index (χ1) is 14.4. The summed E-state index contributed by atoms with van der Waals surface area (Å²) in [5, 5.41) is 0. The predicted octanol–water partition coefficient (Wildman–Crippen LogP) is 1.43. The first-order valence-corrected chi connectivity index (χ1v) is 9.17. The largest absolute Gasteiger partial charge is 0.493 e. The first-order valence-electron chi connectivity index (χ1n) is 9.17. The predicted molar refractivity (Wildman–Crippen MR) is 106 cm³/mol. The van der Waals surface area contributed by atoms with E-state index in [4.69, 9.17) is 9.47 Å². The van der Waals surface area contributed by atoms with Gasteiger partial charge in [0.25, 0.3) is 11.8 Å². The van der Waals surface area contributed by atoms with Crippen LogP contribution in [-0.2, 0) is 16.1 Å². The van der Waals surface area contributed by atoms with E-state index in [2.05, 4.69) is 10.9 Å². The highest BCUT2D eigenvalue weighted by atomic mass is 16.5. The molecule has 0 atom stereocenters. The van der Waals surface area contributed by atoms with Crippen LogP contribution in [0.15, 0.2) is 42.5 Å². The van der Waals surface area contributed by atoms with Crippen LogP contribution in [0.4, 0.5) is 0 Å². The van der Waals surface area contributed by atoms with E-state index in [0.717, 1.165) is 5.56 Å². The van der Waals surface area contributed by atoms with Crippen LogP contribution < -0.4 is 20.3 Å². The Balaban J connectivity index is 1.57. The van der Waals surface area contributed by atoms with Crippen molar-refractivity contribution in [3.63, 3.8) is 0 Å². The molecule has 0 spiro atoms. The molecular formula is C21H21N3O6. The molecule has 0 bridgehead atoms. The van der Waals surface area contributed by atoms with Crippen LogP contribution in [0.25, 0.3) is 0 Å². The van der Waals surface area contributed by atoms with E-state index in [1.807, 2.05) is 0 Å². The van der Waals surface area contributed by atoms with Crippen LogP contribution >= 0.6 is 0 Å². The SMILES string of the molecule is COc1ccc(C(=O)NNC(=O)c2ccc(CN3C(=O)CCC3=O)cc2)cc1OC. The van der Waals surface area contributed by atoms with Crippen molar-refractivity contribution in [1.29, 1.82) is 0 Å². The molecule has 156 valence electrons. The van der Waals surface area contributed by atoms with Gasteiger partial charge in [0.15, 0.2) is 11.5 Å². The summed E-state index contributed by atoms with van der Waals surface area (Å²) >= 11 is 0. The summed E-state index contributed by atoms with van der Waals surface area (Å²) in [7, 11) is 2.95. The average molecular weight is 411 g/mol. The van der Waals surface area contributed by atoms with Crippen LogP contribution in [-0.4, -0.2) is 42.7 Å². The number of hydrogen-bond donors (Lipinski definition) is 2. The maximum Gasteiger partial charge on any atom is 0.269 e. The van der Waals surface area contributed by atoms with Gasteiger partial charge in [0.1, 0.15) is 0 Å². The molecule has 1 aliphatic heterocycles. The number of hydrazine groups is 1. The number of amides is 4. The lowest BCUT2D eigenvalue weighted by Gasteiger charge is -2.14. The molecule has 2 aromatic carbocycles. The lowest BCUT2D eigenvalue weighted by Crippen LogP contribution is -2.41. The van der Waals surface area contributed by atoms with Gasteiger partial charge in [0.05, 0.1) is 20.8 Å². The first kappa shape index (κ1) is 20.8. The van der Waals surface area contributed by atoms with Gasteiger partial charge < -0.3 is 9.47 Å². The Morgan fingerprint density at radius 2 is 1.37 bits per heavy atom. The van der Waals surface area contributed by atoms with Crippen molar-refractivity contribution < 1.29 is 28.7 Å². The summed E-state index contributed by atoms with van der Waals surface area (Å²) in [6.07, 6.45) is 0.470. The number of benzene rings is 2. The molecule has 0 aromatic heterocycles. The van der Waals surface area contributed by atoms with E-state index in [9.17, 15) is 19.2 Å². The molecule has 9 heteroatoms. The fourth-order valence-electron chi connectivity index (χ4n) is 2.98. The summed E-state index contributed by atoms with van der Waals surface area (Å²) in [4.78, 5) is 49.1. The average Bonchev–Trinajstić information content (AvgIpc) is 3.09. The van der Waals surface area contributed by atoms with Gasteiger partial charge in [0.2, 0.25) is 11.8 Å². The molecular weight excluding hydrogens is 390 g/mol. The van der Waals surface area contributed by atoms with E-state index < -0.39 is 11.8 Å². The third-order valence-corrected chi connectivity index (χ3v) is 4.65. The maximum absolute atomic E-state index is 12.3. The second kappa shape index (κ2) is 9.08. The number of ether oxygens (including phenoxy) is 2. The number of rotatable bonds is 6. The highest BCUT2D eigenvalue weighted by Crippen LogP contribution is 2.27. The lowest BCUT2D eigenvalue weighted by molar-refractivity contribution is -0.139. The van der Waals surface area contributed by atoms with Crippen molar-refractivity contribution >= 4 is 23.6 Å². The van der Waals surface area contributed by atoms with Crippen molar-refractivity contribution in [1.82, 2.24) is 15.8 Å². The van der Waals surface area contributed by atoms with Crippen molar-refractivity contribution in [3.8, 4) is 11.5 Å². The fourth-order valence-corrected chi connectivity index (χ4v) is 2.98. The summed E-state index contributed by atoms with van der Waals surface area (Å²) < 4.78 is 10.3. The number of hydrogen-bond acceptors (Lipinski definition) is 6. The number of nitrogens with zero attached hydrogens (tertiary/aromatic N) is 1. The summed E-state index contributed by atoms with van der Waals surface area (Å²) in [5.41, 5.74) is 6.00. The maximum atomic E-state index is 12.3. The van der Waals surface area contributed by atoms with Gasteiger partial charge in [-0.25, -0.2) is 0 Å². The third kappa shape index (κ3) is 4.57. The van der Waals surface area contributed by atoms with Gasteiger partial charge in [0, 0.05) is 24.0 Å². The minimum absolute atomic E-state index is 0.176. The Bertz CT molecular complexity index is 971. The van der Waals surface area contributed by atoms with Gasteiger partial charge in [-0.3, -0.25) is 34.9 Å². The number of imide groups is 1. The van der Waals surface area contributed by atoms with E-state index in [1.54, 1.807) is 36.4 Å². The molecule has 0 unspecified atom stereocenters. The van der Waals surface area contributed by atoms with Crippen molar-refractivity contribution in [2.75, 3.05) is 14.2 Å². The standard InChI is InChI=1S/C21H21N3O6/c1-29-16-8-7-15(11-17(16)30-2)21(28)23-22-20(27)14-5-3-13(4-6-14)12-24-18(25)9-10-19(24)26/h3-8,11H,9-10,12H2,1-2H3,(H,22,27)(H,23,28).